The molecule has 0 unspecified atom stereocenters. The molecule has 0 aromatic heterocycles. The largest absolute Gasteiger partial charge is 0.463 e. The predicted molar refractivity (Wildman–Crippen MR) is 83.9 cm³/mol. The first-order valence-electron chi connectivity index (χ1n) is 8.36. The van der Waals surface area contributed by atoms with Gasteiger partial charge in [-0.15, -0.1) is 0 Å². The normalized spacial score (nSPS) is 21.2. The number of hydrogen-bond donors (Lipinski definition) is 0. The molecule has 0 aromatic carbocycles. The molecule has 0 spiro atoms. The smallest absolute Gasteiger partial charge is 0.306 e. The van der Waals surface area contributed by atoms with E-state index in [1.54, 1.807) is 0 Å². The summed E-state index contributed by atoms with van der Waals surface area (Å²) in [6.45, 7) is 0.889. The maximum Gasteiger partial charge on any atom is 0.306 e. The zero-order chi connectivity index (χ0) is 19.0. The second-order valence-corrected chi connectivity index (χ2v) is 5.11. The fourth-order valence-corrected chi connectivity index (χ4v) is 1.76. The summed E-state index contributed by atoms with van der Waals surface area (Å²) in [7, 11) is 0. The van der Waals surface area contributed by atoms with Crippen LogP contribution in [0.4, 0.5) is 0 Å². The van der Waals surface area contributed by atoms with E-state index in [0.29, 0.717) is 13.2 Å². The van der Waals surface area contributed by atoms with Crippen LogP contribution < -0.4 is 0 Å². The third kappa shape index (κ3) is 12.2. The molecule has 1 saturated heterocycles. The summed E-state index contributed by atoms with van der Waals surface area (Å²) >= 11 is 0. The molecule has 0 atom stereocenters. The monoisotopic (exact) mass is 376 g/mol. The van der Waals surface area contributed by atoms with Crippen LogP contribution in [0.25, 0.3) is 0 Å². The van der Waals surface area contributed by atoms with Gasteiger partial charge in [0.2, 0.25) is 0 Å². The molecule has 0 radical (unpaired) electrons. The second kappa shape index (κ2) is 14.0. The van der Waals surface area contributed by atoms with Crippen LogP contribution in [0.2, 0.25) is 0 Å². The van der Waals surface area contributed by atoms with Gasteiger partial charge < -0.3 is 28.4 Å². The highest BCUT2D eigenvalue weighted by atomic mass is 16.6. The Labute approximate surface area is 151 Å². The molecule has 1 heterocycles. The predicted octanol–water partition coefficient (Wildman–Crippen LogP) is -0.234. The van der Waals surface area contributed by atoms with Crippen LogP contribution in [0.1, 0.15) is 25.7 Å². The molecule has 26 heavy (non-hydrogen) atoms. The summed E-state index contributed by atoms with van der Waals surface area (Å²) in [5.74, 6) is -2.26. The van der Waals surface area contributed by atoms with E-state index < -0.39 is 23.9 Å². The Morgan fingerprint density at radius 2 is 0.615 bits per heavy atom. The molecule has 0 bridgehead atoms. The van der Waals surface area contributed by atoms with Crippen molar-refractivity contribution in [2.24, 2.45) is 0 Å². The third-order valence-corrected chi connectivity index (χ3v) is 3.03. The quantitative estimate of drug-likeness (QED) is 0.413. The molecule has 1 fully saturated rings. The lowest BCUT2D eigenvalue weighted by atomic mass is 10.3. The minimum Gasteiger partial charge on any atom is -0.463 e. The van der Waals surface area contributed by atoms with Gasteiger partial charge in [0.1, 0.15) is 26.4 Å². The van der Waals surface area contributed by atoms with Crippen molar-refractivity contribution in [2.45, 2.75) is 25.7 Å². The van der Waals surface area contributed by atoms with Gasteiger partial charge in [0.15, 0.2) is 0 Å². The molecule has 10 nitrogen and oxygen atoms in total. The number of carbonyl (C=O) groups excluding carboxylic acids is 4. The van der Waals surface area contributed by atoms with Crippen LogP contribution >= 0.6 is 0 Å². The van der Waals surface area contributed by atoms with Crippen LogP contribution in [-0.2, 0) is 47.6 Å². The minimum atomic E-state index is -0.600. The molecule has 0 N–H and O–H groups in total. The van der Waals surface area contributed by atoms with Crippen molar-refractivity contribution >= 4 is 23.9 Å². The summed E-state index contributed by atoms with van der Waals surface area (Å²) in [4.78, 5) is 45.7. The highest BCUT2D eigenvalue weighted by molar-refractivity contribution is 5.78. The highest BCUT2D eigenvalue weighted by Gasteiger charge is 2.11. The van der Waals surface area contributed by atoms with Crippen molar-refractivity contribution in [3.63, 3.8) is 0 Å². The highest BCUT2D eigenvalue weighted by Crippen LogP contribution is 1.99. The Kier molecular flexibility index (Phi) is 11.8. The number of cyclic esters (lactones) is 4. The van der Waals surface area contributed by atoms with E-state index in [1.165, 1.54) is 0 Å². The first-order chi connectivity index (χ1) is 12.6. The first kappa shape index (κ1) is 21.8. The fourth-order valence-electron chi connectivity index (χ4n) is 1.76. The summed E-state index contributed by atoms with van der Waals surface area (Å²) in [5, 5.41) is 0. The van der Waals surface area contributed by atoms with E-state index in [1.807, 2.05) is 0 Å². The topological polar surface area (TPSA) is 124 Å². The molecule has 0 saturated carbocycles. The van der Waals surface area contributed by atoms with Gasteiger partial charge in [0.05, 0.1) is 52.1 Å². The maximum absolute atomic E-state index is 11.4. The van der Waals surface area contributed by atoms with Crippen molar-refractivity contribution in [2.75, 3.05) is 52.9 Å². The van der Waals surface area contributed by atoms with Gasteiger partial charge in [0, 0.05) is 0 Å². The Hall–Kier alpha value is -2.20. The average Bonchev–Trinajstić information content (AvgIpc) is 2.62. The molecule has 1 rings (SSSR count). The van der Waals surface area contributed by atoms with Crippen molar-refractivity contribution < 1.29 is 47.6 Å². The summed E-state index contributed by atoms with van der Waals surface area (Å²) in [6, 6.07) is 0. The number of esters is 4. The van der Waals surface area contributed by atoms with Gasteiger partial charge in [-0.25, -0.2) is 0 Å². The van der Waals surface area contributed by atoms with E-state index in [2.05, 4.69) is 0 Å². The summed E-state index contributed by atoms with van der Waals surface area (Å²) in [6.07, 6.45) is -0.478. The molecule has 148 valence electrons. The Bertz CT molecular complexity index is 420. The van der Waals surface area contributed by atoms with Gasteiger partial charge in [-0.2, -0.15) is 0 Å². The van der Waals surface area contributed by atoms with Crippen LogP contribution in [0.5, 0.6) is 0 Å². The summed E-state index contributed by atoms with van der Waals surface area (Å²) in [5.41, 5.74) is 0. The van der Waals surface area contributed by atoms with Crippen LogP contribution in [0.15, 0.2) is 0 Å². The van der Waals surface area contributed by atoms with Gasteiger partial charge >= 0.3 is 23.9 Å². The van der Waals surface area contributed by atoms with Gasteiger partial charge in [-0.3, -0.25) is 19.2 Å². The second-order valence-electron chi connectivity index (χ2n) is 5.11. The zero-order valence-corrected chi connectivity index (χ0v) is 14.6. The van der Waals surface area contributed by atoms with E-state index in [4.69, 9.17) is 28.4 Å². The average molecular weight is 376 g/mol. The Morgan fingerprint density at radius 1 is 0.385 bits per heavy atom. The van der Waals surface area contributed by atoms with Crippen molar-refractivity contribution in [3.8, 4) is 0 Å². The molecule has 10 heteroatoms. The lowest BCUT2D eigenvalue weighted by Gasteiger charge is -2.09. The number of rotatable bonds is 0. The molecular formula is C16H24O10. The zero-order valence-electron chi connectivity index (χ0n) is 14.6. The van der Waals surface area contributed by atoms with Crippen molar-refractivity contribution in [1.82, 2.24) is 0 Å². The van der Waals surface area contributed by atoms with E-state index in [9.17, 15) is 19.2 Å². The van der Waals surface area contributed by atoms with Gasteiger partial charge in [-0.05, 0) is 0 Å². The lowest BCUT2D eigenvalue weighted by molar-refractivity contribution is -0.156. The molecule has 1 aliphatic heterocycles. The van der Waals surface area contributed by atoms with E-state index in [-0.39, 0.29) is 65.3 Å². The standard InChI is InChI=1S/C16H24O10/c17-13-1-3-15(19)25-11-12-26-16(20)4-2-14(18)24-10-8-22-6-5-21-7-9-23-13/h1-12H2. The number of carbonyl (C=O) groups is 4. The van der Waals surface area contributed by atoms with Crippen LogP contribution in [0, 0.1) is 0 Å². The van der Waals surface area contributed by atoms with E-state index in [0.717, 1.165) is 0 Å². The van der Waals surface area contributed by atoms with Crippen molar-refractivity contribution in [3.05, 3.63) is 0 Å². The molecule has 1 aliphatic rings. The lowest BCUT2D eigenvalue weighted by Crippen LogP contribution is -2.18. The van der Waals surface area contributed by atoms with Crippen LogP contribution in [0.3, 0.4) is 0 Å². The van der Waals surface area contributed by atoms with Gasteiger partial charge in [0.25, 0.3) is 0 Å². The third-order valence-electron chi connectivity index (χ3n) is 3.03. The molecule has 0 amide bonds. The first-order valence-corrected chi connectivity index (χ1v) is 8.36. The molecule has 0 aromatic rings. The number of ether oxygens (including phenoxy) is 6. The van der Waals surface area contributed by atoms with E-state index >= 15 is 0 Å². The van der Waals surface area contributed by atoms with Crippen molar-refractivity contribution in [1.29, 1.82) is 0 Å². The maximum atomic E-state index is 11.4. The molecular weight excluding hydrogens is 352 g/mol. The number of hydrogen-bond acceptors (Lipinski definition) is 10. The van der Waals surface area contributed by atoms with Crippen LogP contribution in [-0.4, -0.2) is 76.7 Å². The Balaban J connectivity index is 2.33. The Morgan fingerprint density at radius 3 is 0.923 bits per heavy atom. The fraction of sp³-hybridized carbons (Fsp3) is 0.750. The summed E-state index contributed by atoms with van der Waals surface area (Å²) < 4.78 is 29.8. The minimum absolute atomic E-state index is 0.0709. The SMILES string of the molecule is O=C1CCC(=O)OCCOC(=O)CCC(=O)OCCOCCOCCO1. The van der Waals surface area contributed by atoms with Gasteiger partial charge in [-0.1, -0.05) is 0 Å². The molecule has 0 aliphatic carbocycles.